The van der Waals surface area contributed by atoms with Crippen LogP contribution in [-0.4, -0.2) is 14.9 Å². The molecule has 1 unspecified atom stereocenters. The van der Waals surface area contributed by atoms with Gasteiger partial charge in [0.2, 0.25) is 11.1 Å². The number of aromatic nitrogens is 2. The van der Waals surface area contributed by atoms with Gasteiger partial charge in [0, 0.05) is 9.75 Å². The summed E-state index contributed by atoms with van der Waals surface area (Å²) in [6, 6.07) is 3.89. The average Bonchev–Trinajstić information content (AvgIpc) is 2.74. The molecular formula is C12H13ClN4O2S. The molecule has 20 heavy (non-hydrogen) atoms. The number of hydrogen-bond donors (Lipinski definition) is 1. The lowest BCUT2D eigenvalue weighted by Crippen LogP contribution is -2.10. The lowest BCUT2D eigenvalue weighted by molar-refractivity contribution is -0.385. The summed E-state index contributed by atoms with van der Waals surface area (Å²) >= 11 is 7.41. The van der Waals surface area contributed by atoms with E-state index in [0.717, 1.165) is 4.88 Å². The highest BCUT2D eigenvalue weighted by Crippen LogP contribution is 2.31. The van der Waals surface area contributed by atoms with Crippen LogP contribution in [0.15, 0.2) is 12.1 Å². The van der Waals surface area contributed by atoms with Gasteiger partial charge in [0.25, 0.3) is 0 Å². The largest absolute Gasteiger partial charge is 0.357 e. The normalized spacial score (nSPS) is 12.2. The molecule has 2 heterocycles. The number of rotatable bonds is 4. The number of hydrogen-bond acceptors (Lipinski definition) is 6. The predicted octanol–water partition coefficient (Wildman–Crippen LogP) is 3.89. The van der Waals surface area contributed by atoms with Crippen LogP contribution in [-0.2, 0) is 0 Å². The highest BCUT2D eigenvalue weighted by Gasteiger charge is 2.23. The number of nitrogens with zero attached hydrogens (tertiary/aromatic N) is 3. The Labute approximate surface area is 125 Å². The molecule has 1 atom stereocenters. The van der Waals surface area contributed by atoms with Gasteiger partial charge in [-0.2, -0.15) is 4.98 Å². The topological polar surface area (TPSA) is 81.0 Å². The first-order valence-electron chi connectivity index (χ1n) is 5.90. The van der Waals surface area contributed by atoms with Crippen molar-refractivity contribution in [3.05, 3.63) is 43.0 Å². The first kappa shape index (κ1) is 14.7. The van der Waals surface area contributed by atoms with Gasteiger partial charge in [-0.1, -0.05) is 0 Å². The molecule has 8 heteroatoms. The third-order valence-electron chi connectivity index (χ3n) is 2.75. The molecule has 6 nitrogen and oxygen atoms in total. The molecule has 0 aliphatic heterocycles. The fourth-order valence-corrected chi connectivity index (χ4v) is 2.91. The van der Waals surface area contributed by atoms with Crippen molar-refractivity contribution in [3.63, 3.8) is 0 Å². The molecule has 2 aromatic heterocycles. The summed E-state index contributed by atoms with van der Waals surface area (Å²) < 4.78 is 0. The zero-order valence-corrected chi connectivity index (χ0v) is 12.7. The summed E-state index contributed by atoms with van der Waals surface area (Å²) in [5.41, 5.74) is 0.0987. The van der Waals surface area contributed by atoms with Gasteiger partial charge in [-0.3, -0.25) is 10.1 Å². The quantitative estimate of drug-likeness (QED) is 0.526. The number of halogens is 1. The summed E-state index contributed by atoms with van der Waals surface area (Å²) in [4.78, 5) is 20.6. The monoisotopic (exact) mass is 312 g/mol. The Morgan fingerprint density at radius 3 is 2.65 bits per heavy atom. The predicted molar refractivity (Wildman–Crippen MR) is 79.5 cm³/mol. The maximum atomic E-state index is 11.1. The minimum Gasteiger partial charge on any atom is -0.357 e. The van der Waals surface area contributed by atoms with E-state index in [2.05, 4.69) is 15.3 Å². The number of nitro groups is 1. The molecule has 2 rings (SSSR count). The van der Waals surface area contributed by atoms with E-state index < -0.39 is 4.92 Å². The van der Waals surface area contributed by atoms with Crippen LogP contribution in [0.5, 0.6) is 0 Å². The van der Waals surface area contributed by atoms with E-state index in [-0.39, 0.29) is 28.5 Å². The van der Waals surface area contributed by atoms with Crippen LogP contribution in [0.25, 0.3) is 0 Å². The van der Waals surface area contributed by atoms with Crippen molar-refractivity contribution in [1.29, 1.82) is 0 Å². The van der Waals surface area contributed by atoms with Crippen molar-refractivity contribution in [1.82, 2.24) is 9.97 Å². The second-order valence-electron chi connectivity index (χ2n) is 4.35. The molecule has 0 bridgehead atoms. The van der Waals surface area contributed by atoms with Crippen molar-refractivity contribution in [2.75, 3.05) is 5.32 Å². The number of aryl methyl sites for hydroxylation is 2. The number of anilines is 1. The molecule has 0 saturated heterocycles. The van der Waals surface area contributed by atoms with Crippen molar-refractivity contribution < 1.29 is 4.92 Å². The Morgan fingerprint density at radius 2 is 2.10 bits per heavy atom. The Bertz CT molecular complexity index is 659. The van der Waals surface area contributed by atoms with E-state index in [9.17, 15) is 10.1 Å². The molecule has 2 aromatic rings. The second kappa shape index (κ2) is 5.72. The molecule has 0 spiro atoms. The molecular weight excluding hydrogens is 300 g/mol. The van der Waals surface area contributed by atoms with E-state index in [4.69, 9.17) is 11.6 Å². The van der Waals surface area contributed by atoms with Crippen LogP contribution in [0.2, 0.25) is 5.28 Å². The Morgan fingerprint density at radius 1 is 1.40 bits per heavy atom. The van der Waals surface area contributed by atoms with Crippen molar-refractivity contribution in [2.24, 2.45) is 0 Å². The SMILES string of the molecule is Cc1ccc(C(C)Nc2nc(Cl)nc(C)c2[N+](=O)[O-])s1. The van der Waals surface area contributed by atoms with Gasteiger partial charge >= 0.3 is 5.69 Å². The standard InChI is InChI=1S/C12H13ClN4O2S/c1-6-4-5-9(20-6)7(2)14-11-10(17(18)19)8(3)15-12(13)16-11/h4-5,7H,1-3H3,(H,14,15,16). The fourth-order valence-electron chi connectivity index (χ4n) is 1.81. The zero-order valence-electron chi connectivity index (χ0n) is 11.2. The molecule has 0 aliphatic rings. The minimum absolute atomic E-state index is 0.00911. The highest BCUT2D eigenvalue weighted by molar-refractivity contribution is 7.12. The lowest BCUT2D eigenvalue weighted by Gasteiger charge is -2.13. The first-order valence-corrected chi connectivity index (χ1v) is 7.09. The van der Waals surface area contributed by atoms with Gasteiger partial charge in [0.1, 0.15) is 5.69 Å². The first-order chi connectivity index (χ1) is 9.38. The Hall–Kier alpha value is -1.73. The maximum Gasteiger partial charge on any atom is 0.332 e. The zero-order chi connectivity index (χ0) is 14.9. The summed E-state index contributed by atoms with van der Waals surface area (Å²) in [6.07, 6.45) is 0. The van der Waals surface area contributed by atoms with E-state index >= 15 is 0 Å². The van der Waals surface area contributed by atoms with E-state index in [1.54, 1.807) is 11.3 Å². The molecule has 0 fully saturated rings. The van der Waals surface area contributed by atoms with Crippen LogP contribution >= 0.6 is 22.9 Å². The van der Waals surface area contributed by atoms with E-state index in [0.29, 0.717) is 0 Å². The van der Waals surface area contributed by atoms with Crippen LogP contribution in [0.1, 0.15) is 28.4 Å². The Balaban J connectivity index is 2.35. The number of nitrogens with one attached hydrogen (secondary N) is 1. The molecule has 0 aliphatic carbocycles. The second-order valence-corrected chi connectivity index (χ2v) is 6.00. The van der Waals surface area contributed by atoms with Gasteiger partial charge in [-0.25, -0.2) is 4.98 Å². The third-order valence-corrected chi connectivity index (χ3v) is 4.11. The maximum absolute atomic E-state index is 11.1. The number of thiophene rings is 1. The third kappa shape index (κ3) is 3.05. The Kier molecular flexibility index (Phi) is 4.20. The van der Waals surface area contributed by atoms with Crippen LogP contribution in [0.4, 0.5) is 11.5 Å². The molecule has 0 radical (unpaired) electrons. The summed E-state index contributed by atoms with van der Waals surface area (Å²) in [5.74, 6) is 0.144. The molecule has 0 amide bonds. The molecule has 1 N–H and O–H groups in total. The average molecular weight is 313 g/mol. The summed E-state index contributed by atoms with van der Waals surface area (Å²) in [7, 11) is 0. The van der Waals surface area contributed by atoms with E-state index in [1.165, 1.54) is 11.8 Å². The lowest BCUT2D eigenvalue weighted by atomic mass is 10.2. The van der Waals surface area contributed by atoms with Gasteiger partial charge in [-0.15, -0.1) is 11.3 Å². The van der Waals surface area contributed by atoms with Crippen LogP contribution in [0.3, 0.4) is 0 Å². The molecule has 0 aromatic carbocycles. The van der Waals surface area contributed by atoms with Crippen LogP contribution < -0.4 is 5.32 Å². The van der Waals surface area contributed by atoms with Crippen LogP contribution in [0, 0.1) is 24.0 Å². The smallest absolute Gasteiger partial charge is 0.332 e. The molecule has 0 saturated carbocycles. The summed E-state index contributed by atoms with van der Waals surface area (Å²) in [5, 5.41) is 14.1. The minimum atomic E-state index is -0.500. The molecule has 106 valence electrons. The van der Waals surface area contributed by atoms with Crippen molar-refractivity contribution >= 4 is 34.4 Å². The van der Waals surface area contributed by atoms with Crippen molar-refractivity contribution in [2.45, 2.75) is 26.8 Å². The highest BCUT2D eigenvalue weighted by atomic mass is 35.5. The van der Waals surface area contributed by atoms with Gasteiger partial charge in [0.05, 0.1) is 11.0 Å². The van der Waals surface area contributed by atoms with E-state index in [1.807, 2.05) is 26.0 Å². The van der Waals surface area contributed by atoms with Gasteiger partial charge in [-0.05, 0) is 44.5 Å². The van der Waals surface area contributed by atoms with Gasteiger partial charge < -0.3 is 5.32 Å². The van der Waals surface area contributed by atoms with Crippen molar-refractivity contribution in [3.8, 4) is 0 Å². The van der Waals surface area contributed by atoms with Gasteiger partial charge in [0.15, 0.2) is 0 Å². The fraction of sp³-hybridized carbons (Fsp3) is 0.333. The summed E-state index contributed by atoms with van der Waals surface area (Å²) in [6.45, 7) is 5.46.